The van der Waals surface area contributed by atoms with Crippen molar-refractivity contribution in [3.63, 3.8) is 0 Å². The van der Waals surface area contributed by atoms with Crippen LogP contribution in [0.25, 0.3) is 22.0 Å². The number of hydrogen-bond donors (Lipinski definition) is 0. The first-order valence-corrected chi connectivity index (χ1v) is 11.7. The third-order valence-corrected chi connectivity index (χ3v) is 7.46. The summed E-state index contributed by atoms with van der Waals surface area (Å²) in [5, 5.41) is 0.871. The van der Waals surface area contributed by atoms with Gasteiger partial charge in [-0.05, 0) is 41.8 Å². The summed E-state index contributed by atoms with van der Waals surface area (Å²) in [6.45, 7) is 3.59. The Kier molecular flexibility index (Phi) is 4.67. The normalized spacial score (nSPS) is 14.5. The van der Waals surface area contributed by atoms with Gasteiger partial charge in [-0.1, -0.05) is 55.5 Å². The molecule has 0 radical (unpaired) electrons. The molecule has 2 heterocycles. The summed E-state index contributed by atoms with van der Waals surface area (Å²) in [4.78, 5) is 14.4. The van der Waals surface area contributed by atoms with E-state index in [1.54, 1.807) is 23.2 Å². The van der Waals surface area contributed by atoms with E-state index in [2.05, 4.69) is 6.92 Å². The van der Waals surface area contributed by atoms with Gasteiger partial charge in [0.15, 0.2) is 0 Å². The third-order valence-electron chi connectivity index (χ3n) is 5.77. The zero-order valence-electron chi connectivity index (χ0n) is 17.1. The highest BCUT2D eigenvalue weighted by molar-refractivity contribution is 7.90. The molecule has 1 amide bonds. The van der Waals surface area contributed by atoms with E-state index in [0.29, 0.717) is 17.0 Å². The van der Waals surface area contributed by atoms with Crippen molar-refractivity contribution in [3.05, 3.63) is 90.6 Å². The highest BCUT2D eigenvalue weighted by Crippen LogP contribution is 2.33. The molecule has 1 aliphatic heterocycles. The van der Waals surface area contributed by atoms with Gasteiger partial charge < -0.3 is 4.90 Å². The molecule has 0 unspecified atom stereocenters. The van der Waals surface area contributed by atoms with Gasteiger partial charge in [-0.25, -0.2) is 12.4 Å². The minimum atomic E-state index is -3.82. The highest BCUT2D eigenvalue weighted by atomic mass is 32.2. The Balaban J connectivity index is 1.55. The number of carbonyl (C=O) groups excluding carboxylic acids is 1. The number of carbonyl (C=O) groups is 1. The number of likely N-dealkylation sites (tertiary alicyclic amines) is 1. The van der Waals surface area contributed by atoms with Crippen molar-refractivity contribution >= 4 is 26.8 Å². The van der Waals surface area contributed by atoms with Gasteiger partial charge >= 0.3 is 0 Å². The molecule has 0 spiro atoms. The number of benzene rings is 3. The van der Waals surface area contributed by atoms with Gasteiger partial charge in [0.1, 0.15) is 0 Å². The fourth-order valence-electron chi connectivity index (χ4n) is 4.13. The van der Waals surface area contributed by atoms with Crippen LogP contribution in [0.2, 0.25) is 0 Å². The van der Waals surface area contributed by atoms with Crippen molar-refractivity contribution in [2.24, 2.45) is 5.92 Å². The smallest absolute Gasteiger partial charge is 0.268 e. The minimum absolute atomic E-state index is 0.0557. The molecule has 0 atom stereocenters. The van der Waals surface area contributed by atoms with Gasteiger partial charge in [0, 0.05) is 35.8 Å². The zero-order chi connectivity index (χ0) is 21.6. The van der Waals surface area contributed by atoms with Crippen LogP contribution in [0.1, 0.15) is 17.3 Å². The van der Waals surface area contributed by atoms with Crippen LogP contribution >= 0.6 is 0 Å². The monoisotopic (exact) mass is 430 g/mol. The van der Waals surface area contributed by atoms with E-state index in [0.717, 1.165) is 29.6 Å². The predicted molar refractivity (Wildman–Crippen MR) is 121 cm³/mol. The molecular weight excluding hydrogens is 408 g/mol. The standard InChI is InChI=1S/C25H22N2O3S/c1-18-15-26(16-18)25(28)20-11-13-21(14-12-20)31(29,30)27-17-23(19-7-3-2-4-8-19)22-9-5-6-10-24(22)27/h2-14,17-18H,15-16H2,1H3. The molecule has 6 heteroatoms. The Morgan fingerprint density at radius 3 is 2.19 bits per heavy atom. The van der Waals surface area contributed by atoms with Crippen molar-refractivity contribution in [1.82, 2.24) is 8.87 Å². The van der Waals surface area contributed by atoms with E-state index in [9.17, 15) is 13.2 Å². The van der Waals surface area contributed by atoms with Crippen molar-refractivity contribution in [2.45, 2.75) is 11.8 Å². The van der Waals surface area contributed by atoms with Crippen LogP contribution in [0.4, 0.5) is 0 Å². The molecule has 1 aromatic heterocycles. The molecule has 5 nitrogen and oxygen atoms in total. The van der Waals surface area contributed by atoms with Crippen LogP contribution in [-0.4, -0.2) is 36.3 Å². The second kappa shape index (κ2) is 7.39. The van der Waals surface area contributed by atoms with E-state index in [1.807, 2.05) is 54.6 Å². The topological polar surface area (TPSA) is 59.4 Å². The lowest BCUT2D eigenvalue weighted by Crippen LogP contribution is -2.48. The molecule has 0 saturated carbocycles. The minimum Gasteiger partial charge on any atom is -0.338 e. The second-order valence-electron chi connectivity index (χ2n) is 8.07. The summed E-state index contributed by atoms with van der Waals surface area (Å²) in [5.41, 5.74) is 2.94. The number of nitrogens with zero attached hydrogens (tertiary/aromatic N) is 2. The quantitative estimate of drug-likeness (QED) is 0.474. The van der Waals surface area contributed by atoms with Gasteiger partial charge in [-0.15, -0.1) is 0 Å². The molecule has 1 fully saturated rings. The maximum Gasteiger partial charge on any atom is 0.268 e. The molecule has 31 heavy (non-hydrogen) atoms. The third kappa shape index (κ3) is 3.33. The largest absolute Gasteiger partial charge is 0.338 e. The molecular formula is C25H22N2O3S. The predicted octanol–water partition coefficient (Wildman–Crippen LogP) is 4.64. The van der Waals surface area contributed by atoms with E-state index in [4.69, 9.17) is 0 Å². The number of amides is 1. The van der Waals surface area contributed by atoms with E-state index >= 15 is 0 Å². The van der Waals surface area contributed by atoms with Crippen molar-refractivity contribution in [1.29, 1.82) is 0 Å². The van der Waals surface area contributed by atoms with Crippen LogP contribution < -0.4 is 0 Å². The maximum atomic E-state index is 13.5. The summed E-state index contributed by atoms with van der Waals surface area (Å²) in [6.07, 6.45) is 1.68. The number of aromatic nitrogens is 1. The van der Waals surface area contributed by atoms with Crippen molar-refractivity contribution in [3.8, 4) is 11.1 Å². The van der Waals surface area contributed by atoms with Gasteiger partial charge in [-0.3, -0.25) is 4.79 Å². The molecule has 4 aromatic rings. The van der Waals surface area contributed by atoms with Crippen LogP contribution in [0.5, 0.6) is 0 Å². The highest BCUT2D eigenvalue weighted by Gasteiger charge is 2.28. The molecule has 0 N–H and O–H groups in total. The van der Waals surface area contributed by atoms with E-state index in [1.165, 1.54) is 16.1 Å². The Hall–Kier alpha value is -3.38. The Morgan fingerprint density at radius 1 is 0.871 bits per heavy atom. The number of fused-ring (bicyclic) bond motifs is 1. The zero-order valence-corrected chi connectivity index (χ0v) is 17.9. The summed E-state index contributed by atoms with van der Waals surface area (Å²) in [7, 11) is -3.82. The van der Waals surface area contributed by atoms with E-state index < -0.39 is 10.0 Å². The number of rotatable bonds is 4. The lowest BCUT2D eigenvalue weighted by atomic mass is 10.0. The van der Waals surface area contributed by atoms with Crippen molar-refractivity contribution < 1.29 is 13.2 Å². The Morgan fingerprint density at radius 2 is 1.52 bits per heavy atom. The summed E-state index contributed by atoms with van der Waals surface area (Å²) in [6, 6.07) is 23.4. The van der Waals surface area contributed by atoms with Crippen LogP contribution in [0, 0.1) is 5.92 Å². The van der Waals surface area contributed by atoms with Gasteiger partial charge in [0.2, 0.25) is 0 Å². The molecule has 0 aliphatic carbocycles. The molecule has 1 saturated heterocycles. The lowest BCUT2D eigenvalue weighted by Gasteiger charge is -2.37. The molecule has 0 bridgehead atoms. The van der Waals surface area contributed by atoms with Gasteiger partial charge in [0.25, 0.3) is 15.9 Å². The summed E-state index contributed by atoms with van der Waals surface area (Å²) < 4.78 is 28.3. The van der Waals surface area contributed by atoms with Gasteiger partial charge in [-0.2, -0.15) is 0 Å². The van der Waals surface area contributed by atoms with Gasteiger partial charge in [0.05, 0.1) is 10.4 Å². The van der Waals surface area contributed by atoms with Crippen LogP contribution in [0.15, 0.2) is 90.0 Å². The first-order chi connectivity index (χ1) is 14.9. The maximum absolute atomic E-state index is 13.5. The Labute approximate surface area is 181 Å². The number of hydrogen-bond acceptors (Lipinski definition) is 3. The van der Waals surface area contributed by atoms with Crippen LogP contribution in [0.3, 0.4) is 0 Å². The molecule has 156 valence electrons. The first-order valence-electron chi connectivity index (χ1n) is 10.3. The summed E-state index contributed by atoms with van der Waals surface area (Å²) >= 11 is 0. The fraction of sp³-hybridized carbons (Fsp3) is 0.160. The number of para-hydroxylation sites is 1. The molecule has 1 aliphatic rings. The Bertz CT molecular complexity index is 1370. The summed E-state index contributed by atoms with van der Waals surface area (Å²) in [5.74, 6) is 0.462. The van der Waals surface area contributed by atoms with Crippen molar-refractivity contribution in [2.75, 3.05) is 13.1 Å². The van der Waals surface area contributed by atoms with Crippen LogP contribution in [-0.2, 0) is 10.0 Å². The molecule has 3 aromatic carbocycles. The molecule has 5 rings (SSSR count). The average Bonchev–Trinajstić information content (AvgIpc) is 3.18. The van der Waals surface area contributed by atoms with E-state index in [-0.39, 0.29) is 10.8 Å². The lowest BCUT2D eigenvalue weighted by molar-refractivity contribution is 0.0530. The average molecular weight is 431 g/mol. The fourth-order valence-corrected chi connectivity index (χ4v) is 5.50. The SMILES string of the molecule is CC1CN(C(=O)c2ccc(S(=O)(=O)n3cc(-c4ccccc4)c4ccccc43)cc2)C1. The first kappa shape index (κ1) is 19.6. The second-order valence-corrected chi connectivity index (χ2v) is 9.88.